The van der Waals surface area contributed by atoms with E-state index in [2.05, 4.69) is 19.6 Å². The quantitative estimate of drug-likeness (QED) is 0.231. The van der Waals surface area contributed by atoms with Crippen molar-refractivity contribution in [3.63, 3.8) is 0 Å². The SMILES string of the molecule is CCCn1c(C#N)nc2c(nc(-c3cnn(Cc4cccc(C(F)(F)F)c4)c3)n2COP(=O)(O)O)c1=O.[NaH].[NaH]. The van der Waals surface area contributed by atoms with E-state index in [-0.39, 0.29) is 101 Å². The van der Waals surface area contributed by atoms with Crippen molar-refractivity contribution >= 4 is 78.1 Å². The Morgan fingerprint density at radius 2 is 1.90 bits per heavy atom. The second-order valence-corrected chi connectivity index (χ2v) is 9.15. The fraction of sp³-hybridized carbons (Fsp3) is 0.286. The minimum absolute atomic E-state index is 0. The van der Waals surface area contributed by atoms with Gasteiger partial charge in [0.2, 0.25) is 5.82 Å². The van der Waals surface area contributed by atoms with E-state index in [4.69, 9.17) is 0 Å². The molecule has 1 aromatic carbocycles. The van der Waals surface area contributed by atoms with Gasteiger partial charge in [0.25, 0.3) is 5.56 Å². The number of phosphoric acid groups is 1. The topological polar surface area (TPSA) is 161 Å². The number of imidazole rings is 1. The van der Waals surface area contributed by atoms with Crippen LogP contribution in [0.2, 0.25) is 0 Å². The van der Waals surface area contributed by atoms with Gasteiger partial charge < -0.3 is 9.79 Å². The summed E-state index contributed by atoms with van der Waals surface area (Å²) in [6, 6.07) is 6.56. The molecule has 0 spiro atoms. The Balaban J connectivity index is 0.00000267. The molecule has 4 rings (SSSR count). The zero-order valence-electron chi connectivity index (χ0n) is 19.1. The molecule has 0 bridgehead atoms. The van der Waals surface area contributed by atoms with Crippen molar-refractivity contribution in [3.05, 3.63) is 64.0 Å². The van der Waals surface area contributed by atoms with E-state index in [0.717, 1.165) is 21.3 Å². The Morgan fingerprint density at radius 1 is 1.18 bits per heavy atom. The fourth-order valence-electron chi connectivity index (χ4n) is 3.68. The Morgan fingerprint density at radius 3 is 2.51 bits per heavy atom. The summed E-state index contributed by atoms with van der Waals surface area (Å²) < 4.78 is 58.7. The van der Waals surface area contributed by atoms with E-state index in [1.807, 2.05) is 6.07 Å². The maximum atomic E-state index is 13.0. The number of aromatic nitrogens is 6. The van der Waals surface area contributed by atoms with E-state index >= 15 is 0 Å². The van der Waals surface area contributed by atoms with Gasteiger partial charge in [-0.15, -0.1) is 0 Å². The molecule has 39 heavy (non-hydrogen) atoms. The zero-order chi connectivity index (χ0) is 27.0. The number of alkyl halides is 3. The maximum absolute atomic E-state index is 13.0. The Hall–Kier alpha value is -1.83. The van der Waals surface area contributed by atoms with Crippen LogP contribution in [0.4, 0.5) is 13.2 Å². The molecular formula is C21H21F3N7Na2O5P. The first-order chi connectivity index (χ1) is 17.4. The Bertz CT molecular complexity index is 1620. The summed E-state index contributed by atoms with van der Waals surface area (Å²) in [5, 5.41) is 13.6. The Labute approximate surface area is 263 Å². The van der Waals surface area contributed by atoms with Crippen molar-refractivity contribution in [2.75, 3.05) is 0 Å². The van der Waals surface area contributed by atoms with Crippen molar-refractivity contribution in [2.45, 2.75) is 39.3 Å². The third kappa shape index (κ3) is 7.68. The number of hydrogen-bond donors (Lipinski definition) is 2. The van der Waals surface area contributed by atoms with Gasteiger partial charge in [-0.1, -0.05) is 19.1 Å². The number of nitriles is 1. The van der Waals surface area contributed by atoms with Crippen LogP contribution in [0.1, 0.15) is 30.3 Å². The molecule has 0 saturated heterocycles. The molecule has 12 nitrogen and oxygen atoms in total. The number of rotatable bonds is 8. The first-order valence-electron chi connectivity index (χ1n) is 10.7. The van der Waals surface area contributed by atoms with Crippen molar-refractivity contribution in [3.8, 4) is 17.5 Å². The van der Waals surface area contributed by atoms with E-state index in [1.54, 1.807) is 6.92 Å². The monoisotopic (exact) mass is 585 g/mol. The molecule has 18 heteroatoms. The van der Waals surface area contributed by atoms with E-state index < -0.39 is 31.9 Å². The molecule has 0 aliphatic carbocycles. The van der Waals surface area contributed by atoms with Crippen LogP contribution in [-0.4, -0.2) is 97.8 Å². The van der Waals surface area contributed by atoms with Gasteiger partial charge in [0.05, 0.1) is 23.9 Å². The third-order valence-corrected chi connectivity index (χ3v) is 5.70. The first-order valence-corrected chi connectivity index (χ1v) is 12.2. The summed E-state index contributed by atoms with van der Waals surface area (Å²) in [6.07, 6.45) is -1.22. The molecule has 3 aromatic heterocycles. The van der Waals surface area contributed by atoms with Gasteiger partial charge in [0.1, 0.15) is 18.6 Å². The van der Waals surface area contributed by atoms with Gasteiger partial charge in [-0.3, -0.25) is 23.1 Å². The van der Waals surface area contributed by atoms with Crippen LogP contribution in [0.15, 0.2) is 41.5 Å². The van der Waals surface area contributed by atoms with E-state index in [0.29, 0.717) is 12.0 Å². The molecule has 3 heterocycles. The van der Waals surface area contributed by atoms with Crippen LogP contribution in [-0.2, 0) is 35.1 Å². The average Bonchev–Trinajstić information content (AvgIpc) is 3.43. The molecule has 4 aromatic rings. The van der Waals surface area contributed by atoms with Gasteiger partial charge >= 0.3 is 73.1 Å². The molecule has 0 aliphatic rings. The number of benzene rings is 1. The molecule has 198 valence electrons. The zero-order valence-corrected chi connectivity index (χ0v) is 20.0. The second kappa shape index (κ2) is 13.2. The van der Waals surface area contributed by atoms with Crippen LogP contribution in [0.3, 0.4) is 0 Å². The molecule has 0 fully saturated rings. The van der Waals surface area contributed by atoms with Gasteiger partial charge in [-0.25, -0.2) is 14.5 Å². The van der Waals surface area contributed by atoms with Crippen LogP contribution >= 0.6 is 7.82 Å². The standard InChI is InChI=1S/C21H19F3N7O5P.2Na.2H/c1-2-6-30-16(8-25)27-19-17(20(30)32)28-18(31(19)12-36-37(33,34)35)14-9-26-29(11-14)10-13-4-3-5-15(7-13)21(22,23)24;;;;/h3-5,7,9,11H,2,6,10,12H2,1H3,(H2,33,34,35);;;;. The number of hydrogen-bond acceptors (Lipinski definition) is 7. The second-order valence-electron chi connectivity index (χ2n) is 7.91. The predicted octanol–water partition coefficient (Wildman–Crippen LogP) is 1.58. The molecule has 0 unspecified atom stereocenters. The predicted molar refractivity (Wildman–Crippen MR) is 136 cm³/mol. The van der Waals surface area contributed by atoms with Crippen molar-refractivity contribution < 1.29 is 32.0 Å². The molecule has 2 N–H and O–H groups in total. The van der Waals surface area contributed by atoms with Gasteiger partial charge in [0.15, 0.2) is 11.2 Å². The normalized spacial score (nSPS) is 11.6. The number of fused-ring (bicyclic) bond motifs is 1. The summed E-state index contributed by atoms with van der Waals surface area (Å²) in [7, 11) is -4.94. The number of nitrogens with zero attached hydrogens (tertiary/aromatic N) is 7. The summed E-state index contributed by atoms with van der Waals surface area (Å²) in [4.78, 5) is 39.9. The van der Waals surface area contributed by atoms with Gasteiger partial charge in [-0.2, -0.15) is 23.5 Å². The van der Waals surface area contributed by atoms with E-state index in [1.165, 1.54) is 29.2 Å². The van der Waals surface area contributed by atoms with Crippen LogP contribution < -0.4 is 5.56 Å². The van der Waals surface area contributed by atoms with Gasteiger partial charge in [0, 0.05) is 12.7 Å². The molecule has 0 amide bonds. The van der Waals surface area contributed by atoms with Crippen molar-refractivity contribution in [1.29, 1.82) is 5.26 Å². The van der Waals surface area contributed by atoms with Crippen LogP contribution in [0, 0.1) is 11.3 Å². The number of phosphoric ester groups is 1. The van der Waals surface area contributed by atoms with Crippen LogP contribution in [0.5, 0.6) is 0 Å². The number of halogens is 3. The third-order valence-electron chi connectivity index (χ3n) is 5.25. The summed E-state index contributed by atoms with van der Waals surface area (Å²) in [5.41, 5.74) is -1.15. The average molecular weight is 585 g/mol. The first kappa shape index (κ1) is 33.4. The molecule has 0 atom stereocenters. The molecule has 0 radical (unpaired) electrons. The molecular weight excluding hydrogens is 564 g/mol. The minimum atomic E-state index is -4.94. The van der Waals surface area contributed by atoms with Crippen molar-refractivity contribution in [2.24, 2.45) is 0 Å². The summed E-state index contributed by atoms with van der Waals surface area (Å²) >= 11 is 0. The summed E-state index contributed by atoms with van der Waals surface area (Å²) in [6.45, 7) is 1.21. The van der Waals surface area contributed by atoms with E-state index in [9.17, 15) is 37.6 Å². The summed E-state index contributed by atoms with van der Waals surface area (Å²) in [5.74, 6) is -0.218. The molecule has 0 saturated carbocycles. The Kier molecular flexibility index (Phi) is 11.3. The molecule has 0 aliphatic heterocycles. The fourth-order valence-corrected chi connectivity index (χ4v) is 3.94. The van der Waals surface area contributed by atoms with Gasteiger partial charge in [-0.05, 0) is 24.1 Å². The van der Waals surface area contributed by atoms with Crippen molar-refractivity contribution in [1.82, 2.24) is 28.9 Å². The van der Waals surface area contributed by atoms with Crippen LogP contribution in [0.25, 0.3) is 22.6 Å².